The molecule has 0 N–H and O–H groups in total. The Balaban J connectivity index is 2.10. The summed E-state index contributed by atoms with van der Waals surface area (Å²) >= 11 is 1.49. The molecule has 4 nitrogen and oxygen atoms in total. The predicted molar refractivity (Wildman–Crippen MR) is 74.5 cm³/mol. The Bertz CT molecular complexity index is 560. The van der Waals surface area contributed by atoms with Crippen LogP contribution in [-0.2, 0) is 5.75 Å². The van der Waals surface area contributed by atoms with Crippen LogP contribution in [0.15, 0.2) is 47.6 Å². The Morgan fingerprint density at radius 1 is 1.11 bits per heavy atom. The van der Waals surface area contributed by atoms with Crippen molar-refractivity contribution >= 4 is 11.8 Å². The number of nitrogens with zero attached hydrogens (tertiary/aromatic N) is 1. The minimum Gasteiger partial charge on any atom is -0.618 e. The van der Waals surface area contributed by atoms with Crippen molar-refractivity contribution in [2.24, 2.45) is 0 Å². The van der Waals surface area contributed by atoms with Gasteiger partial charge >= 0.3 is 0 Å². The van der Waals surface area contributed by atoms with E-state index in [0.717, 1.165) is 10.3 Å². The van der Waals surface area contributed by atoms with Crippen LogP contribution in [0.25, 0.3) is 0 Å². The van der Waals surface area contributed by atoms with Gasteiger partial charge in [-0.2, -0.15) is 4.73 Å². The van der Waals surface area contributed by atoms with E-state index in [-0.39, 0.29) is 0 Å². The molecule has 0 bridgehead atoms. The van der Waals surface area contributed by atoms with Crippen LogP contribution in [0.3, 0.4) is 0 Å². The fraction of sp³-hybridized carbons (Fsp3) is 0.214. The molecular weight excluding hydrogens is 262 g/mol. The highest BCUT2D eigenvalue weighted by atomic mass is 32.2. The molecule has 0 unspecified atom stereocenters. The van der Waals surface area contributed by atoms with Crippen molar-refractivity contribution in [2.75, 3.05) is 14.2 Å². The number of thioether (sulfide) groups is 1. The molecule has 5 heteroatoms. The molecule has 1 heterocycles. The second-order valence-corrected chi connectivity index (χ2v) is 4.84. The van der Waals surface area contributed by atoms with Crippen LogP contribution in [0.1, 0.15) is 5.56 Å². The summed E-state index contributed by atoms with van der Waals surface area (Å²) in [6.45, 7) is 0. The summed E-state index contributed by atoms with van der Waals surface area (Å²) in [7, 11) is 3.22. The molecule has 0 aliphatic rings. The molecule has 0 saturated carbocycles. The van der Waals surface area contributed by atoms with E-state index in [2.05, 4.69) is 0 Å². The summed E-state index contributed by atoms with van der Waals surface area (Å²) < 4.78 is 11.3. The summed E-state index contributed by atoms with van der Waals surface area (Å²) in [6.07, 6.45) is 1.50. The van der Waals surface area contributed by atoms with Gasteiger partial charge in [-0.15, -0.1) is 0 Å². The lowest BCUT2D eigenvalue weighted by Gasteiger charge is -2.09. The number of hydrogen-bond donors (Lipinski definition) is 0. The summed E-state index contributed by atoms with van der Waals surface area (Å²) in [5.74, 6) is 2.10. The van der Waals surface area contributed by atoms with Crippen LogP contribution in [0.2, 0.25) is 0 Å². The Hall–Kier alpha value is -1.88. The number of methoxy groups -OCH3 is 2. The van der Waals surface area contributed by atoms with Gasteiger partial charge in [-0.05, 0) is 23.8 Å². The van der Waals surface area contributed by atoms with E-state index in [1.165, 1.54) is 18.0 Å². The molecule has 0 spiro atoms. The Kier molecular flexibility index (Phi) is 4.52. The molecule has 0 atom stereocenters. The first-order valence-electron chi connectivity index (χ1n) is 5.76. The van der Waals surface area contributed by atoms with E-state index < -0.39 is 0 Å². The highest BCUT2D eigenvalue weighted by Gasteiger charge is 2.08. The minimum absolute atomic E-state index is 0.678. The van der Waals surface area contributed by atoms with E-state index in [1.807, 2.05) is 24.3 Å². The minimum atomic E-state index is 0.678. The topological polar surface area (TPSA) is 45.4 Å². The van der Waals surface area contributed by atoms with Crippen molar-refractivity contribution in [1.29, 1.82) is 0 Å². The maximum Gasteiger partial charge on any atom is 0.251 e. The number of pyridine rings is 1. The molecule has 0 fully saturated rings. The Morgan fingerprint density at radius 2 is 1.89 bits per heavy atom. The van der Waals surface area contributed by atoms with Gasteiger partial charge < -0.3 is 14.7 Å². The molecule has 0 radical (unpaired) electrons. The van der Waals surface area contributed by atoms with Crippen LogP contribution >= 0.6 is 11.8 Å². The number of aromatic nitrogens is 1. The highest BCUT2D eigenvalue weighted by molar-refractivity contribution is 7.98. The van der Waals surface area contributed by atoms with E-state index in [4.69, 9.17) is 9.47 Å². The van der Waals surface area contributed by atoms with Crippen molar-refractivity contribution in [1.82, 2.24) is 0 Å². The van der Waals surface area contributed by atoms with Crippen molar-refractivity contribution in [3.8, 4) is 11.5 Å². The van der Waals surface area contributed by atoms with E-state index in [1.54, 1.807) is 26.4 Å². The van der Waals surface area contributed by atoms with Gasteiger partial charge in [0.1, 0.15) is 0 Å². The van der Waals surface area contributed by atoms with Crippen LogP contribution in [-0.4, -0.2) is 14.2 Å². The third-order valence-electron chi connectivity index (χ3n) is 2.62. The molecule has 1 aromatic heterocycles. The average molecular weight is 277 g/mol. The second-order valence-electron chi connectivity index (χ2n) is 3.84. The molecule has 0 aliphatic carbocycles. The Labute approximate surface area is 116 Å². The smallest absolute Gasteiger partial charge is 0.251 e. The Morgan fingerprint density at radius 3 is 2.58 bits per heavy atom. The first-order valence-corrected chi connectivity index (χ1v) is 6.75. The summed E-state index contributed by atoms with van der Waals surface area (Å²) in [4.78, 5) is 0. The number of rotatable bonds is 5. The molecule has 0 aliphatic heterocycles. The highest BCUT2D eigenvalue weighted by Crippen LogP contribution is 2.30. The zero-order chi connectivity index (χ0) is 13.7. The van der Waals surface area contributed by atoms with Crippen LogP contribution < -0.4 is 14.2 Å². The molecule has 100 valence electrons. The fourth-order valence-electron chi connectivity index (χ4n) is 1.65. The molecular formula is C14H15NO3S. The van der Waals surface area contributed by atoms with Crippen molar-refractivity contribution in [2.45, 2.75) is 10.8 Å². The lowest BCUT2D eigenvalue weighted by Crippen LogP contribution is -2.27. The van der Waals surface area contributed by atoms with Gasteiger partial charge in [0.15, 0.2) is 17.7 Å². The van der Waals surface area contributed by atoms with Gasteiger partial charge in [0.2, 0.25) is 0 Å². The maximum absolute atomic E-state index is 11.5. The quantitative estimate of drug-likeness (QED) is 0.479. The largest absolute Gasteiger partial charge is 0.618 e. The summed E-state index contributed by atoms with van der Waals surface area (Å²) in [6, 6.07) is 11.1. The van der Waals surface area contributed by atoms with E-state index >= 15 is 0 Å². The first-order chi connectivity index (χ1) is 9.24. The van der Waals surface area contributed by atoms with Gasteiger partial charge in [-0.3, -0.25) is 0 Å². The molecule has 1 aromatic carbocycles. The number of hydrogen-bond acceptors (Lipinski definition) is 4. The van der Waals surface area contributed by atoms with E-state index in [9.17, 15) is 5.21 Å². The maximum atomic E-state index is 11.5. The molecule has 2 rings (SSSR count). The molecule has 19 heavy (non-hydrogen) atoms. The first kappa shape index (κ1) is 13.5. The van der Waals surface area contributed by atoms with Gasteiger partial charge in [0.25, 0.3) is 5.03 Å². The third kappa shape index (κ3) is 3.32. The van der Waals surface area contributed by atoms with Crippen LogP contribution in [0.4, 0.5) is 0 Å². The summed E-state index contributed by atoms with van der Waals surface area (Å²) in [5.41, 5.74) is 1.08. The third-order valence-corrected chi connectivity index (χ3v) is 3.71. The zero-order valence-corrected chi connectivity index (χ0v) is 11.6. The second kappa shape index (κ2) is 6.33. The SMILES string of the molecule is COc1ccc(CSc2cccc[n+]2[O-])cc1OC. The molecule has 0 amide bonds. The van der Waals surface area contributed by atoms with Crippen LogP contribution in [0, 0.1) is 5.21 Å². The van der Waals surface area contributed by atoms with Crippen LogP contribution in [0.5, 0.6) is 11.5 Å². The van der Waals surface area contributed by atoms with Gasteiger partial charge in [-0.1, -0.05) is 17.8 Å². The van der Waals surface area contributed by atoms with Crippen molar-refractivity contribution < 1.29 is 14.2 Å². The fourth-order valence-corrected chi connectivity index (χ4v) is 2.51. The number of benzene rings is 1. The van der Waals surface area contributed by atoms with Crippen molar-refractivity contribution in [3.05, 3.63) is 53.4 Å². The van der Waals surface area contributed by atoms with Gasteiger partial charge in [0, 0.05) is 17.9 Å². The zero-order valence-electron chi connectivity index (χ0n) is 10.8. The molecule has 2 aromatic rings. The lowest BCUT2D eigenvalue weighted by atomic mass is 10.2. The molecule has 0 saturated heterocycles. The average Bonchev–Trinajstić information content (AvgIpc) is 2.46. The van der Waals surface area contributed by atoms with Crippen molar-refractivity contribution in [3.63, 3.8) is 0 Å². The lowest BCUT2D eigenvalue weighted by molar-refractivity contribution is -0.645. The van der Waals surface area contributed by atoms with E-state index in [0.29, 0.717) is 22.3 Å². The summed E-state index contributed by atoms with van der Waals surface area (Å²) in [5, 5.41) is 12.2. The standard InChI is InChI=1S/C14H15NO3S/c1-17-12-7-6-11(9-13(12)18-2)10-19-14-5-3-4-8-15(14)16/h3-9H,10H2,1-2H3. The van der Waals surface area contributed by atoms with Gasteiger partial charge in [-0.25, -0.2) is 0 Å². The normalized spacial score (nSPS) is 10.2. The van der Waals surface area contributed by atoms with Gasteiger partial charge in [0.05, 0.1) is 14.2 Å². The predicted octanol–water partition coefficient (Wildman–Crippen LogP) is 2.63. The number of ether oxygens (including phenoxy) is 2. The monoisotopic (exact) mass is 277 g/mol.